The van der Waals surface area contributed by atoms with Crippen LogP contribution in [0.4, 0.5) is 19.0 Å². The van der Waals surface area contributed by atoms with E-state index < -0.39 is 17.9 Å². The Balaban J connectivity index is 1.47. The van der Waals surface area contributed by atoms with Crippen LogP contribution in [0.3, 0.4) is 0 Å². The number of carbonyl (C=O) groups excluding carboxylic acids is 1. The fraction of sp³-hybridized carbons (Fsp3) is 0.370. The Bertz CT molecular complexity index is 1480. The quantitative estimate of drug-likeness (QED) is 0.312. The van der Waals surface area contributed by atoms with Gasteiger partial charge in [-0.3, -0.25) is 9.69 Å². The second-order valence-electron chi connectivity index (χ2n) is 9.71. The molecule has 0 spiro atoms. The van der Waals surface area contributed by atoms with Gasteiger partial charge in [0.25, 0.3) is 0 Å². The molecule has 12 heteroatoms. The predicted molar refractivity (Wildman–Crippen MR) is 140 cm³/mol. The van der Waals surface area contributed by atoms with Crippen molar-refractivity contribution in [3.63, 3.8) is 0 Å². The first kappa shape index (κ1) is 26.4. The topological polar surface area (TPSA) is 101 Å². The van der Waals surface area contributed by atoms with E-state index in [1.54, 1.807) is 39.9 Å². The van der Waals surface area contributed by atoms with E-state index >= 15 is 0 Å². The van der Waals surface area contributed by atoms with Crippen LogP contribution in [0.1, 0.15) is 49.2 Å². The molecule has 3 aromatic rings. The normalized spacial score (nSPS) is 17.0. The molecule has 1 unspecified atom stereocenters. The molecule has 0 bridgehead atoms. The third-order valence-corrected chi connectivity index (χ3v) is 7.08. The zero-order valence-electron chi connectivity index (χ0n) is 21.8. The van der Waals surface area contributed by atoms with Gasteiger partial charge >= 0.3 is 6.18 Å². The maximum Gasteiger partial charge on any atom is 0.434 e. The van der Waals surface area contributed by atoms with E-state index in [1.165, 1.54) is 18.7 Å². The van der Waals surface area contributed by atoms with Crippen LogP contribution in [0.2, 0.25) is 0 Å². The maximum absolute atomic E-state index is 13.1. The zero-order valence-corrected chi connectivity index (χ0v) is 21.8. The van der Waals surface area contributed by atoms with Gasteiger partial charge in [-0.25, -0.2) is 14.7 Å². The number of nitrogens with zero attached hydrogens (tertiary/aromatic N) is 6. The van der Waals surface area contributed by atoms with Crippen molar-refractivity contribution < 1.29 is 22.7 Å². The summed E-state index contributed by atoms with van der Waals surface area (Å²) < 4.78 is 47.8. The summed E-state index contributed by atoms with van der Waals surface area (Å²) in [4.78, 5) is 22.5. The number of alkyl halides is 3. The van der Waals surface area contributed by atoms with E-state index in [1.807, 2.05) is 6.92 Å². The van der Waals surface area contributed by atoms with Crippen molar-refractivity contribution in [1.29, 1.82) is 5.41 Å². The summed E-state index contributed by atoms with van der Waals surface area (Å²) in [6.45, 7) is 5.85. The Kier molecular flexibility index (Phi) is 6.65. The van der Waals surface area contributed by atoms with Crippen molar-refractivity contribution >= 4 is 29.7 Å². The van der Waals surface area contributed by atoms with E-state index in [9.17, 15) is 18.0 Å². The summed E-state index contributed by atoms with van der Waals surface area (Å²) in [5.74, 6) is 1.03. The standard InChI is InChI=1S/C27H28F3N7O2/c1-15(16-5-9-18(10-6-16)25-33-20(14-35(25)3)27(28,29)30)37-21-13-19(34-36(21)12-11-22(37)38)23(26(32-2)39-4)24(31)17-7-8-17/h5-6,9-10,13-15,17,31H,2,7-8,11-12H2,1,3-4H3/b26-23+,31-24?. The van der Waals surface area contributed by atoms with Crippen molar-refractivity contribution in [3.8, 4) is 11.4 Å². The molecule has 3 heterocycles. The molecule has 204 valence electrons. The number of allylic oxidation sites excluding steroid dienone is 1. The molecular formula is C27H28F3N7O2. The lowest BCUT2D eigenvalue weighted by Crippen LogP contribution is -2.39. The number of halogens is 3. The number of imidazole rings is 1. The van der Waals surface area contributed by atoms with Gasteiger partial charge in [-0.1, -0.05) is 24.3 Å². The molecule has 0 saturated heterocycles. The van der Waals surface area contributed by atoms with E-state index in [-0.39, 0.29) is 30.0 Å². The van der Waals surface area contributed by atoms with Gasteiger partial charge in [0.15, 0.2) is 5.69 Å². The number of hydrogen-bond donors (Lipinski definition) is 1. The molecule has 1 saturated carbocycles. The molecule has 1 amide bonds. The molecule has 1 atom stereocenters. The minimum atomic E-state index is -4.53. The van der Waals surface area contributed by atoms with Crippen molar-refractivity contribution in [3.05, 3.63) is 59.4 Å². The van der Waals surface area contributed by atoms with Gasteiger partial charge in [0.1, 0.15) is 17.3 Å². The zero-order chi connectivity index (χ0) is 28.1. The highest BCUT2D eigenvalue weighted by Crippen LogP contribution is 2.39. The lowest BCUT2D eigenvalue weighted by molar-refractivity contribution is -0.140. The number of aromatic nitrogens is 4. The fourth-order valence-electron chi connectivity index (χ4n) is 4.87. The number of ether oxygens (including phenoxy) is 1. The molecule has 1 aliphatic carbocycles. The molecule has 1 fully saturated rings. The van der Waals surface area contributed by atoms with Crippen LogP contribution in [-0.2, 0) is 29.3 Å². The summed E-state index contributed by atoms with van der Waals surface area (Å²) >= 11 is 0. The summed E-state index contributed by atoms with van der Waals surface area (Å²) in [6.07, 6.45) is -1.49. The number of methoxy groups -OCH3 is 1. The van der Waals surface area contributed by atoms with Gasteiger partial charge in [0, 0.05) is 42.9 Å². The smallest absolute Gasteiger partial charge is 0.434 e. The number of amides is 1. The van der Waals surface area contributed by atoms with Crippen LogP contribution in [0.15, 0.2) is 47.4 Å². The summed E-state index contributed by atoms with van der Waals surface area (Å²) in [5.41, 5.74) is 1.71. The predicted octanol–water partition coefficient (Wildman–Crippen LogP) is 5.25. The SMILES string of the molecule is C=N/C(OC)=C(\C(=N)C1CC1)c1cc2n(n1)CCC(=O)N2C(C)c1ccc(-c2nc(C(F)(F)F)cn2C)cc1. The maximum atomic E-state index is 13.1. The largest absolute Gasteiger partial charge is 0.480 e. The van der Waals surface area contributed by atoms with Gasteiger partial charge in [0.2, 0.25) is 11.8 Å². The first-order valence-electron chi connectivity index (χ1n) is 12.5. The van der Waals surface area contributed by atoms with Gasteiger partial charge in [0.05, 0.1) is 25.3 Å². The molecule has 0 radical (unpaired) electrons. The Labute approximate surface area is 223 Å². The first-order valence-corrected chi connectivity index (χ1v) is 12.5. The number of aryl methyl sites for hydroxylation is 2. The highest BCUT2D eigenvalue weighted by molar-refractivity contribution is 6.24. The summed E-state index contributed by atoms with van der Waals surface area (Å²) in [5, 5.41) is 13.4. The number of hydrogen-bond acceptors (Lipinski definition) is 6. The van der Waals surface area contributed by atoms with Crippen LogP contribution < -0.4 is 4.90 Å². The number of anilines is 1. The Hall–Kier alpha value is -4.22. The molecular weight excluding hydrogens is 511 g/mol. The number of rotatable bonds is 8. The average molecular weight is 540 g/mol. The van der Waals surface area contributed by atoms with E-state index in [0.29, 0.717) is 34.9 Å². The first-order chi connectivity index (χ1) is 18.5. The van der Waals surface area contributed by atoms with E-state index in [2.05, 4.69) is 16.7 Å². The molecule has 1 N–H and O–H groups in total. The minimum Gasteiger partial charge on any atom is -0.480 e. The molecule has 9 nitrogen and oxygen atoms in total. The second-order valence-corrected chi connectivity index (χ2v) is 9.71. The minimum absolute atomic E-state index is 0.0824. The summed E-state index contributed by atoms with van der Waals surface area (Å²) in [7, 11) is 2.98. The molecule has 1 aromatic carbocycles. The van der Waals surface area contributed by atoms with Crippen molar-refractivity contribution in [1.82, 2.24) is 19.3 Å². The third kappa shape index (κ3) is 4.86. The van der Waals surface area contributed by atoms with Gasteiger partial charge in [-0.05, 0) is 32.0 Å². The lowest BCUT2D eigenvalue weighted by atomic mass is 10.0. The van der Waals surface area contributed by atoms with Crippen LogP contribution in [0.5, 0.6) is 0 Å². The molecule has 39 heavy (non-hydrogen) atoms. The van der Waals surface area contributed by atoms with Crippen LogP contribution in [0, 0.1) is 11.3 Å². The third-order valence-electron chi connectivity index (χ3n) is 7.08. The van der Waals surface area contributed by atoms with E-state index in [0.717, 1.165) is 24.6 Å². The van der Waals surface area contributed by atoms with Gasteiger partial charge < -0.3 is 14.7 Å². The molecule has 2 aromatic heterocycles. The number of nitrogens with one attached hydrogen (secondary N) is 1. The molecule has 2 aliphatic rings. The Morgan fingerprint density at radius 1 is 1.26 bits per heavy atom. The fourth-order valence-corrected chi connectivity index (χ4v) is 4.87. The second kappa shape index (κ2) is 9.83. The summed E-state index contributed by atoms with van der Waals surface area (Å²) in [6, 6.07) is 8.34. The van der Waals surface area contributed by atoms with Crippen LogP contribution in [-0.4, -0.2) is 44.8 Å². The van der Waals surface area contributed by atoms with Crippen molar-refractivity contribution in [2.75, 3.05) is 12.0 Å². The van der Waals surface area contributed by atoms with E-state index in [4.69, 9.17) is 15.2 Å². The average Bonchev–Trinajstić information content (AvgIpc) is 3.55. The number of fused-ring (bicyclic) bond motifs is 1. The monoisotopic (exact) mass is 539 g/mol. The number of aliphatic imine (C=N–C) groups is 1. The Morgan fingerprint density at radius 2 is 1.95 bits per heavy atom. The Morgan fingerprint density at radius 3 is 2.51 bits per heavy atom. The van der Waals surface area contributed by atoms with Gasteiger partial charge in [-0.15, -0.1) is 0 Å². The number of carbonyl (C=O) groups is 1. The van der Waals surface area contributed by atoms with Gasteiger partial charge in [-0.2, -0.15) is 18.3 Å². The highest BCUT2D eigenvalue weighted by atomic mass is 19.4. The lowest BCUT2D eigenvalue weighted by Gasteiger charge is -2.33. The molecule has 5 rings (SSSR count). The van der Waals surface area contributed by atoms with Crippen molar-refractivity contribution in [2.24, 2.45) is 18.0 Å². The van der Waals surface area contributed by atoms with Crippen LogP contribution in [0.25, 0.3) is 17.0 Å². The van der Waals surface area contributed by atoms with Crippen LogP contribution >= 0.6 is 0 Å². The van der Waals surface area contributed by atoms with Crippen molar-refractivity contribution in [2.45, 2.75) is 44.9 Å². The molecule has 1 aliphatic heterocycles. The number of benzene rings is 1. The highest BCUT2D eigenvalue weighted by Gasteiger charge is 2.36.